The Balaban J connectivity index is 1.87. The van der Waals surface area contributed by atoms with Crippen LogP contribution in [-0.4, -0.2) is 25.5 Å². The number of nitrogens with one attached hydrogen (secondary N) is 2. The fourth-order valence-corrected chi connectivity index (χ4v) is 2.25. The second-order valence-electron chi connectivity index (χ2n) is 4.44. The number of anilines is 1. The molecule has 114 valence electrons. The molecule has 0 spiro atoms. The molecule has 2 rings (SSSR count). The number of amides is 2. The molecular formula is C16H15BrN2O3. The van der Waals surface area contributed by atoms with Gasteiger partial charge in [-0.25, -0.2) is 0 Å². The number of carbonyl (C=O) groups excluding carboxylic acids is 2. The van der Waals surface area contributed by atoms with Crippen LogP contribution in [0.3, 0.4) is 0 Å². The van der Waals surface area contributed by atoms with E-state index in [4.69, 9.17) is 4.74 Å². The predicted molar refractivity (Wildman–Crippen MR) is 88.1 cm³/mol. The highest BCUT2D eigenvalue weighted by Gasteiger charge is 2.10. The Kier molecular flexibility index (Phi) is 5.55. The molecule has 0 unspecified atom stereocenters. The Morgan fingerprint density at radius 2 is 1.77 bits per heavy atom. The van der Waals surface area contributed by atoms with Gasteiger partial charge in [0.25, 0.3) is 5.91 Å². The molecule has 22 heavy (non-hydrogen) atoms. The summed E-state index contributed by atoms with van der Waals surface area (Å²) in [6.45, 7) is -0.105. The first-order valence-electron chi connectivity index (χ1n) is 6.57. The third kappa shape index (κ3) is 4.33. The third-order valence-electron chi connectivity index (χ3n) is 2.90. The van der Waals surface area contributed by atoms with E-state index in [1.165, 1.54) is 0 Å². The van der Waals surface area contributed by atoms with Gasteiger partial charge in [-0.15, -0.1) is 0 Å². The number of carbonyl (C=O) groups is 2. The molecule has 2 amide bonds. The lowest BCUT2D eigenvalue weighted by molar-refractivity contribution is -0.115. The molecule has 0 heterocycles. The highest BCUT2D eigenvalue weighted by molar-refractivity contribution is 9.10. The van der Waals surface area contributed by atoms with Crippen molar-refractivity contribution in [1.29, 1.82) is 0 Å². The Hall–Kier alpha value is -2.34. The molecule has 0 saturated carbocycles. The number of benzene rings is 2. The van der Waals surface area contributed by atoms with Gasteiger partial charge in [-0.2, -0.15) is 0 Å². The first-order chi connectivity index (χ1) is 10.6. The van der Waals surface area contributed by atoms with Gasteiger partial charge in [0.1, 0.15) is 5.75 Å². The number of hydrogen-bond donors (Lipinski definition) is 2. The van der Waals surface area contributed by atoms with Gasteiger partial charge in [0.2, 0.25) is 5.91 Å². The van der Waals surface area contributed by atoms with Crippen LogP contribution in [0.15, 0.2) is 53.0 Å². The van der Waals surface area contributed by atoms with Crippen molar-refractivity contribution in [3.63, 3.8) is 0 Å². The predicted octanol–water partition coefficient (Wildman–Crippen LogP) is 2.83. The summed E-state index contributed by atoms with van der Waals surface area (Å²) in [5.74, 6) is 0.100. The largest absolute Gasteiger partial charge is 0.497 e. The molecule has 2 aromatic carbocycles. The molecule has 6 heteroatoms. The van der Waals surface area contributed by atoms with Crippen molar-refractivity contribution in [3.05, 3.63) is 58.6 Å². The molecule has 0 aliphatic heterocycles. The van der Waals surface area contributed by atoms with E-state index in [2.05, 4.69) is 26.6 Å². The molecule has 0 atom stereocenters. The molecule has 0 radical (unpaired) electrons. The standard InChI is InChI=1S/C16H15BrN2O3/c1-22-12-8-6-11(7-9-12)19-15(20)10-18-16(21)13-4-2-3-5-14(13)17/h2-9H,10H2,1H3,(H,18,21)(H,19,20). The molecule has 0 fully saturated rings. The van der Waals surface area contributed by atoms with Crippen LogP contribution in [-0.2, 0) is 4.79 Å². The van der Waals surface area contributed by atoms with Crippen molar-refractivity contribution in [1.82, 2.24) is 5.32 Å². The Bertz CT molecular complexity index is 671. The fourth-order valence-electron chi connectivity index (χ4n) is 1.78. The summed E-state index contributed by atoms with van der Waals surface area (Å²) in [4.78, 5) is 23.8. The van der Waals surface area contributed by atoms with Gasteiger partial charge in [-0.1, -0.05) is 12.1 Å². The number of ether oxygens (including phenoxy) is 1. The molecular weight excluding hydrogens is 348 g/mol. The van der Waals surface area contributed by atoms with E-state index < -0.39 is 0 Å². The van der Waals surface area contributed by atoms with Crippen LogP contribution in [0.4, 0.5) is 5.69 Å². The Morgan fingerprint density at radius 3 is 2.41 bits per heavy atom. The normalized spacial score (nSPS) is 9.91. The van der Waals surface area contributed by atoms with Crippen molar-refractivity contribution in [2.24, 2.45) is 0 Å². The van der Waals surface area contributed by atoms with Gasteiger partial charge in [0.05, 0.1) is 19.2 Å². The zero-order valence-electron chi connectivity index (χ0n) is 11.9. The molecule has 0 bridgehead atoms. The van der Waals surface area contributed by atoms with E-state index >= 15 is 0 Å². The van der Waals surface area contributed by atoms with Crippen LogP contribution >= 0.6 is 15.9 Å². The number of halogens is 1. The summed E-state index contributed by atoms with van der Waals surface area (Å²) in [5, 5.41) is 5.27. The molecule has 0 aliphatic rings. The van der Waals surface area contributed by atoms with Crippen molar-refractivity contribution in [2.75, 3.05) is 19.0 Å². The van der Waals surface area contributed by atoms with Crippen LogP contribution < -0.4 is 15.4 Å². The highest BCUT2D eigenvalue weighted by atomic mass is 79.9. The van der Waals surface area contributed by atoms with E-state index in [1.54, 1.807) is 49.6 Å². The monoisotopic (exact) mass is 362 g/mol. The number of methoxy groups -OCH3 is 1. The van der Waals surface area contributed by atoms with E-state index in [0.29, 0.717) is 21.5 Å². The number of hydrogen-bond acceptors (Lipinski definition) is 3. The third-order valence-corrected chi connectivity index (χ3v) is 3.59. The van der Waals surface area contributed by atoms with Crippen LogP contribution in [0.1, 0.15) is 10.4 Å². The average molecular weight is 363 g/mol. The molecule has 2 aromatic rings. The average Bonchev–Trinajstić information content (AvgIpc) is 2.54. The molecule has 0 saturated heterocycles. The maximum Gasteiger partial charge on any atom is 0.252 e. The maximum atomic E-state index is 12.0. The van der Waals surface area contributed by atoms with Crippen LogP contribution in [0.5, 0.6) is 5.75 Å². The van der Waals surface area contributed by atoms with Gasteiger partial charge < -0.3 is 15.4 Å². The molecule has 0 aliphatic carbocycles. The van der Waals surface area contributed by atoms with Crippen LogP contribution in [0.25, 0.3) is 0 Å². The first-order valence-corrected chi connectivity index (χ1v) is 7.36. The second kappa shape index (κ2) is 7.61. The highest BCUT2D eigenvalue weighted by Crippen LogP contribution is 2.16. The first kappa shape index (κ1) is 16.0. The quantitative estimate of drug-likeness (QED) is 0.859. The minimum atomic E-state index is -0.308. The van der Waals surface area contributed by atoms with Crippen molar-refractivity contribution in [3.8, 4) is 5.75 Å². The van der Waals surface area contributed by atoms with Crippen LogP contribution in [0.2, 0.25) is 0 Å². The smallest absolute Gasteiger partial charge is 0.252 e. The SMILES string of the molecule is COc1ccc(NC(=O)CNC(=O)c2ccccc2Br)cc1. The summed E-state index contributed by atoms with van der Waals surface area (Å²) < 4.78 is 5.72. The molecule has 0 aromatic heterocycles. The topological polar surface area (TPSA) is 67.4 Å². The second-order valence-corrected chi connectivity index (χ2v) is 5.29. The van der Waals surface area contributed by atoms with Gasteiger partial charge in [-0.05, 0) is 52.3 Å². The zero-order chi connectivity index (χ0) is 15.9. The summed E-state index contributed by atoms with van der Waals surface area (Å²) in [5.41, 5.74) is 1.13. The Morgan fingerprint density at radius 1 is 1.09 bits per heavy atom. The lowest BCUT2D eigenvalue weighted by atomic mass is 10.2. The van der Waals surface area contributed by atoms with E-state index in [-0.39, 0.29) is 18.4 Å². The minimum Gasteiger partial charge on any atom is -0.497 e. The lowest BCUT2D eigenvalue weighted by Crippen LogP contribution is -2.33. The maximum absolute atomic E-state index is 12.0. The molecule has 5 nitrogen and oxygen atoms in total. The summed E-state index contributed by atoms with van der Waals surface area (Å²) >= 11 is 3.30. The van der Waals surface area contributed by atoms with Crippen molar-refractivity contribution < 1.29 is 14.3 Å². The lowest BCUT2D eigenvalue weighted by Gasteiger charge is -2.08. The van der Waals surface area contributed by atoms with E-state index in [9.17, 15) is 9.59 Å². The van der Waals surface area contributed by atoms with Gasteiger partial charge in [0.15, 0.2) is 0 Å². The summed E-state index contributed by atoms with van der Waals surface area (Å²) in [7, 11) is 1.57. The minimum absolute atomic E-state index is 0.105. The zero-order valence-corrected chi connectivity index (χ0v) is 13.5. The fraction of sp³-hybridized carbons (Fsp3) is 0.125. The van der Waals surface area contributed by atoms with Crippen molar-refractivity contribution >= 4 is 33.4 Å². The summed E-state index contributed by atoms with van der Waals surface area (Å²) in [6, 6.07) is 14.0. The van der Waals surface area contributed by atoms with Gasteiger partial charge in [0, 0.05) is 10.2 Å². The van der Waals surface area contributed by atoms with Crippen molar-refractivity contribution in [2.45, 2.75) is 0 Å². The Labute approximate surface area is 136 Å². The van der Waals surface area contributed by atoms with Gasteiger partial charge in [-0.3, -0.25) is 9.59 Å². The summed E-state index contributed by atoms with van der Waals surface area (Å²) in [6.07, 6.45) is 0. The van der Waals surface area contributed by atoms with E-state index in [1.807, 2.05) is 6.07 Å². The van der Waals surface area contributed by atoms with Gasteiger partial charge >= 0.3 is 0 Å². The van der Waals surface area contributed by atoms with E-state index in [0.717, 1.165) is 0 Å². The van der Waals surface area contributed by atoms with Crippen LogP contribution in [0, 0.1) is 0 Å². The molecule has 2 N–H and O–H groups in total. The number of rotatable bonds is 5.